The number of rotatable bonds is 2. The van der Waals surface area contributed by atoms with Crippen LogP contribution in [-0.4, -0.2) is 22.6 Å². The van der Waals surface area contributed by atoms with Crippen LogP contribution < -0.4 is 10.9 Å². The summed E-state index contributed by atoms with van der Waals surface area (Å²) in [6.45, 7) is 2.73. The minimum Gasteiger partial charge on any atom is -0.316 e. The van der Waals surface area contributed by atoms with Crippen LogP contribution in [0, 0.1) is 5.92 Å². The molecule has 1 aromatic heterocycles. The molecule has 0 radical (unpaired) electrons. The van der Waals surface area contributed by atoms with Gasteiger partial charge in [0.2, 0.25) is 0 Å². The standard InChI is InChI=1S/C12H12BrN3O/c13-10-3-1-2-9-11(10)15-7-16(12(9)17)6-8-4-14-5-8/h1-3,7-8,14H,4-6H2. The molecule has 0 atom stereocenters. The third kappa shape index (κ3) is 1.89. The van der Waals surface area contributed by atoms with Gasteiger partial charge in [-0.1, -0.05) is 6.07 Å². The summed E-state index contributed by atoms with van der Waals surface area (Å²) in [6, 6.07) is 5.59. The molecule has 0 aliphatic carbocycles. The average Bonchev–Trinajstić information content (AvgIpc) is 2.27. The Hall–Kier alpha value is -1.20. The molecule has 88 valence electrons. The molecule has 2 aromatic rings. The SMILES string of the molecule is O=c1c2cccc(Br)c2ncn1CC1CNC1. The van der Waals surface area contributed by atoms with Crippen molar-refractivity contribution in [1.29, 1.82) is 0 Å². The van der Waals surface area contributed by atoms with Crippen LogP contribution in [0.2, 0.25) is 0 Å². The van der Waals surface area contributed by atoms with Crippen LogP contribution in [0.5, 0.6) is 0 Å². The lowest BCUT2D eigenvalue weighted by atomic mass is 10.0. The van der Waals surface area contributed by atoms with Gasteiger partial charge in [-0.3, -0.25) is 9.36 Å². The third-order valence-electron chi connectivity index (χ3n) is 3.13. The Balaban J connectivity index is 2.09. The maximum atomic E-state index is 12.2. The van der Waals surface area contributed by atoms with Crippen molar-refractivity contribution in [2.45, 2.75) is 6.54 Å². The van der Waals surface area contributed by atoms with E-state index in [4.69, 9.17) is 0 Å². The average molecular weight is 294 g/mol. The predicted molar refractivity (Wildman–Crippen MR) is 70.1 cm³/mol. The van der Waals surface area contributed by atoms with E-state index in [0.29, 0.717) is 11.3 Å². The van der Waals surface area contributed by atoms with Crippen molar-refractivity contribution in [3.8, 4) is 0 Å². The lowest BCUT2D eigenvalue weighted by molar-refractivity contribution is 0.303. The molecule has 1 saturated heterocycles. The van der Waals surface area contributed by atoms with E-state index < -0.39 is 0 Å². The van der Waals surface area contributed by atoms with E-state index in [2.05, 4.69) is 26.2 Å². The summed E-state index contributed by atoms with van der Waals surface area (Å²) in [5.74, 6) is 0.555. The van der Waals surface area contributed by atoms with Gasteiger partial charge in [-0.15, -0.1) is 0 Å². The summed E-state index contributed by atoms with van der Waals surface area (Å²) in [5, 5.41) is 3.88. The van der Waals surface area contributed by atoms with Gasteiger partial charge in [-0.25, -0.2) is 4.98 Å². The topological polar surface area (TPSA) is 46.9 Å². The Morgan fingerprint density at radius 3 is 3.00 bits per heavy atom. The van der Waals surface area contributed by atoms with Crippen LogP contribution in [0.25, 0.3) is 10.9 Å². The minimum atomic E-state index is 0.0446. The molecule has 4 nitrogen and oxygen atoms in total. The first-order chi connectivity index (χ1) is 8.25. The summed E-state index contributed by atoms with van der Waals surface area (Å²) >= 11 is 3.41. The zero-order valence-corrected chi connectivity index (χ0v) is 10.8. The number of nitrogens with one attached hydrogen (secondary N) is 1. The third-order valence-corrected chi connectivity index (χ3v) is 3.77. The Morgan fingerprint density at radius 1 is 1.47 bits per heavy atom. The summed E-state index contributed by atoms with van der Waals surface area (Å²) in [6.07, 6.45) is 1.65. The molecule has 0 bridgehead atoms. The van der Waals surface area contributed by atoms with E-state index in [1.165, 1.54) is 0 Å². The van der Waals surface area contributed by atoms with Gasteiger partial charge < -0.3 is 5.32 Å². The molecule has 0 spiro atoms. The monoisotopic (exact) mass is 293 g/mol. The van der Waals surface area contributed by atoms with Crippen molar-refractivity contribution in [2.75, 3.05) is 13.1 Å². The zero-order chi connectivity index (χ0) is 11.8. The Kier molecular flexibility index (Phi) is 2.72. The van der Waals surface area contributed by atoms with Crippen LogP contribution >= 0.6 is 15.9 Å². The number of halogens is 1. The quantitative estimate of drug-likeness (QED) is 0.910. The summed E-state index contributed by atoms with van der Waals surface area (Å²) in [7, 11) is 0. The molecule has 1 aromatic carbocycles. The first-order valence-electron chi connectivity index (χ1n) is 5.60. The van der Waals surface area contributed by atoms with Gasteiger partial charge in [0.05, 0.1) is 17.2 Å². The fourth-order valence-electron chi connectivity index (χ4n) is 2.04. The molecule has 17 heavy (non-hydrogen) atoms. The van der Waals surface area contributed by atoms with Crippen LogP contribution in [0.1, 0.15) is 0 Å². The second-order valence-corrected chi connectivity index (χ2v) is 5.22. The molecule has 1 aliphatic heterocycles. The minimum absolute atomic E-state index is 0.0446. The van der Waals surface area contributed by atoms with Crippen molar-refractivity contribution in [3.05, 3.63) is 39.4 Å². The summed E-state index contributed by atoms with van der Waals surface area (Å²) < 4.78 is 2.57. The first-order valence-corrected chi connectivity index (χ1v) is 6.39. The Labute approximate surface area is 107 Å². The van der Waals surface area contributed by atoms with Gasteiger partial charge >= 0.3 is 0 Å². The molecule has 0 unspecified atom stereocenters. The lowest BCUT2D eigenvalue weighted by Gasteiger charge is -2.27. The largest absolute Gasteiger partial charge is 0.316 e. The lowest BCUT2D eigenvalue weighted by Crippen LogP contribution is -2.45. The first kappa shape index (κ1) is 10.9. The second-order valence-electron chi connectivity index (χ2n) is 4.36. The fourth-order valence-corrected chi connectivity index (χ4v) is 2.51. The molecule has 5 heteroatoms. The second kappa shape index (κ2) is 4.23. The highest BCUT2D eigenvalue weighted by Crippen LogP contribution is 2.18. The molecule has 1 fully saturated rings. The highest BCUT2D eigenvalue weighted by Gasteiger charge is 2.18. The predicted octanol–water partition coefficient (Wildman–Crippen LogP) is 1.38. The molecular weight excluding hydrogens is 282 g/mol. The van der Waals surface area contributed by atoms with E-state index >= 15 is 0 Å². The van der Waals surface area contributed by atoms with E-state index in [0.717, 1.165) is 29.6 Å². The Morgan fingerprint density at radius 2 is 2.29 bits per heavy atom. The molecule has 0 saturated carbocycles. The van der Waals surface area contributed by atoms with Crippen molar-refractivity contribution in [1.82, 2.24) is 14.9 Å². The Bertz CT molecular complexity index is 619. The number of fused-ring (bicyclic) bond motifs is 1. The van der Waals surface area contributed by atoms with Crippen LogP contribution in [0.15, 0.2) is 33.8 Å². The van der Waals surface area contributed by atoms with Crippen LogP contribution in [0.3, 0.4) is 0 Å². The summed E-state index contributed by atoms with van der Waals surface area (Å²) in [5.41, 5.74) is 0.781. The van der Waals surface area contributed by atoms with Crippen LogP contribution in [0.4, 0.5) is 0 Å². The molecule has 3 rings (SSSR count). The number of benzene rings is 1. The van der Waals surface area contributed by atoms with Gasteiger partial charge in [0, 0.05) is 30.0 Å². The van der Waals surface area contributed by atoms with Gasteiger partial charge in [-0.05, 0) is 28.1 Å². The fraction of sp³-hybridized carbons (Fsp3) is 0.333. The van der Waals surface area contributed by atoms with Gasteiger partial charge in [0.15, 0.2) is 0 Å². The number of hydrogen-bond donors (Lipinski definition) is 1. The molecule has 2 heterocycles. The van der Waals surface area contributed by atoms with Gasteiger partial charge in [0.25, 0.3) is 5.56 Å². The summed E-state index contributed by atoms with van der Waals surface area (Å²) in [4.78, 5) is 16.6. The van der Waals surface area contributed by atoms with E-state index in [1.807, 2.05) is 18.2 Å². The smallest absolute Gasteiger partial charge is 0.261 e. The van der Waals surface area contributed by atoms with Crippen molar-refractivity contribution in [3.63, 3.8) is 0 Å². The van der Waals surface area contributed by atoms with Crippen molar-refractivity contribution >= 4 is 26.8 Å². The van der Waals surface area contributed by atoms with E-state index in [1.54, 1.807) is 10.9 Å². The molecule has 1 N–H and O–H groups in total. The highest BCUT2D eigenvalue weighted by molar-refractivity contribution is 9.10. The molecule has 1 aliphatic rings. The van der Waals surface area contributed by atoms with E-state index in [-0.39, 0.29) is 5.56 Å². The normalized spacial score (nSPS) is 16.1. The maximum Gasteiger partial charge on any atom is 0.261 e. The highest BCUT2D eigenvalue weighted by atomic mass is 79.9. The zero-order valence-electron chi connectivity index (χ0n) is 9.19. The maximum absolute atomic E-state index is 12.2. The molecular formula is C12H12BrN3O. The van der Waals surface area contributed by atoms with Gasteiger partial charge in [0.1, 0.15) is 0 Å². The van der Waals surface area contributed by atoms with E-state index in [9.17, 15) is 4.79 Å². The van der Waals surface area contributed by atoms with Crippen LogP contribution in [-0.2, 0) is 6.54 Å². The number of hydrogen-bond acceptors (Lipinski definition) is 3. The number of aromatic nitrogens is 2. The van der Waals surface area contributed by atoms with Crippen molar-refractivity contribution in [2.24, 2.45) is 5.92 Å². The van der Waals surface area contributed by atoms with Gasteiger partial charge in [-0.2, -0.15) is 0 Å². The van der Waals surface area contributed by atoms with Crippen molar-refractivity contribution < 1.29 is 0 Å². The number of nitrogens with zero attached hydrogens (tertiary/aromatic N) is 2. The number of para-hydroxylation sites is 1. The molecule has 0 amide bonds.